The third-order valence-electron chi connectivity index (χ3n) is 4.71. The van der Waals surface area contributed by atoms with Gasteiger partial charge in [-0.05, 0) is 30.2 Å². The van der Waals surface area contributed by atoms with Crippen LogP contribution in [0.25, 0.3) is 0 Å². The fourth-order valence-corrected chi connectivity index (χ4v) is 3.27. The number of carbonyl (C=O) groups excluding carboxylic acids is 1. The van der Waals surface area contributed by atoms with Gasteiger partial charge in [-0.25, -0.2) is 8.78 Å². The minimum atomic E-state index is -0.831. The van der Waals surface area contributed by atoms with Crippen molar-refractivity contribution in [3.05, 3.63) is 52.9 Å². The van der Waals surface area contributed by atoms with Gasteiger partial charge in [0.25, 0.3) is 5.91 Å². The first-order valence-corrected chi connectivity index (χ1v) is 8.96. The summed E-state index contributed by atoms with van der Waals surface area (Å²) in [7, 11) is 1.80. The number of amides is 1. The van der Waals surface area contributed by atoms with Crippen LogP contribution in [0.15, 0.2) is 24.3 Å². The Kier molecular flexibility index (Phi) is 5.66. The van der Waals surface area contributed by atoms with Gasteiger partial charge in [0.05, 0.1) is 5.69 Å². The van der Waals surface area contributed by atoms with E-state index in [4.69, 9.17) is 0 Å². The largest absolute Gasteiger partial charge is 0.335 e. The maximum Gasteiger partial charge on any atom is 0.272 e. The molecule has 1 amide bonds. The molecule has 3 rings (SSSR count). The number of rotatable bonds is 5. The van der Waals surface area contributed by atoms with Gasteiger partial charge in [0.15, 0.2) is 11.6 Å². The van der Waals surface area contributed by atoms with Crippen LogP contribution in [0.3, 0.4) is 0 Å². The minimum absolute atomic E-state index is 0.00479. The highest BCUT2D eigenvalue weighted by atomic mass is 19.2. The molecule has 0 spiro atoms. The van der Waals surface area contributed by atoms with Gasteiger partial charge in [0.2, 0.25) is 0 Å². The third-order valence-corrected chi connectivity index (χ3v) is 4.71. The Hall–Kier alpha value is -2.28. The summed E-state index contributed by atoms with van der Waals surface area (Å²) in [6.07, 6.45) is 1.86. The Morgan fingerprint density at radius 1 is 1.12 bits per heavy atom. The number of hydrogen-bond acceptors (Lipinski definition) is 3. The number of halogens is 2. The molecule has 7 heteroatoms. The monoisotopic (exact) mass is 362 g/mol. The van der Waals surface area contributed by atoms with Gasteiger partial charge in [0.1, 0.15) is 5.69 Å². The molecule has 0 radical (unpaired) electrons. The number of carbonyl (C=O) groups is 1. The minimum Gasteiger partial charge on any atom is -0.335 e. The second kappa shape index (κ2) is 7.95. The highest BCUT2D eigenvalue weighted by Crippen LogP contribution is 2.15. The highest BCUT2D eigenvalue weighted by Gasteiger charge is 2.24. The van der Waals surface area contributed by atoms with E-state index < -0.39 is 11.6 Å². The average Bonchev–Trinajstić information content (AvgIpc) is 2.99. The van der Waals surface area contributed by atoms with Crippen molar-refractivity contribution in [2.24, 2.45) is 7.05 Å². The maximum atomic E-state index is 13.3. The van der Waals surface area contributed by atoms with Crippen molar-refractivity contribution >= 4 is 5.91 Å². The number of aryl methyl sites for hydroxylation is 2. The van der Waals surface area contributed by atoms with Gasteiger partial charge in [-0.3, -0.25) is 14.4 Å². The number of aromatic nitrogens is 2. The van der Waals surface area contributed by atoms with Gasteiger partial charge in [-0.1, -0.05) is 19.4 Å². The van der Waals surface area contributed by atoms with Crippen molar-refractivity contribution < 1.29 is 13.6 Å². The van der Waals surface area contributed by atoms with Crippen LogP contribution in [0.1, 0.15) is 35.1 Å². The quantitative estimate of drug-likeness (QED) is 0.821. The summed E-state index contributed by atoms with van der Waals surface area (Å²) in [6, 6.07) is 5.86. The van der Waals surface area contributed by atoms with Crippen LogP contribution in [0.2, 0.25) is 0 Å². The van der Waals surface area contributed by atoms with Gasteiger partial charge >= 0.3 is 0 Å². The fraction of sp³-hybridized carbons (Fsp3) is 0.474. The zero-order valence-electron chi connectivity index (χ0n) is 15.2. The predicted molar refractivity (Wildman–Crippen MR) is 94.7 cm³/mol. The average molecular weight is 362 g/mol. The second-order valence-electron chi connectivity index (χ2n) is 6.71. The molecule has 1 saturated heterocycles. The highest BCUT2D eigenvalue weighted by molar-refractivity contribution is 5.92. The zero-order valence-corrected chi connectivity index (χ0v) is 15.2. The lowest BCUT2D eigenvalue weighted by Crippen LogP contribution is -2.48. The van der Waals surface area contributed by atoms with Crippen molar-refractivity contribution in [1.29, 1.82) is 0 Å². The molecule has 1 aliphatic heterocycles. The van der Waals surface area contributed by atoms with Crippen LogP contribution in [-0.2, 0) is 20.0 Å². The Morgan fingerprint density at radius 2 is 1.85 bits per heavy atom. The van der Waals surface area contributed by atoms with Crippen LogP contribution >= 0.6 is 0 Å². The fourth-order valence-electron chi connectivity index (χ4n) is 3.27. The molecule has 26 heavy (non-hydrogen) atoms. The van der Waals surface area contributed by atoms with Crippen LogP contribution in [0, 0.1) is 11.6 Å². The molecule has 1 aliphatic rings. The molecule has 2 aromatic rings. The lowest BCUT2D eigenvalue weighted by Gasteiger charge is -2.34. The number of benzene rings is 1. The molecule has 0 atom stereocenters. The van der Waals surface area contributed by atoms with E-state index in [1.807, 2.05) is 11.0 Å². The number of nitrogens with zero attached hydrogens (tertiary/aromatic N) is 4. The topological polar surface area (TPSA) is 41.4 Å². The summed E-state index contributed by atoms with van der Waals surface area (Å²) in [5.41, 5.74) is 2.29. The standard InChI is InChI=1S/C19H24F2N4O/c1-3-4-15-12-18(23(2)22-15)19(26)25-9-7-24(8-10-25)13-14-5-6-16(20)17(21)11-14/h5-6,11-12H,3-4,7-10,13H2,1-2H3. The predicted octanol–water partition coefficient (Wildman–Crippen LogP) is 2.61. The van der Waals surface area contributed by atoms with E-state index in [1.165, 1.54) is 6.07 Å². The molecule has 140 valence electrons. The summed E-state index contributed by atoms with van der Waals surface area (Å²) in [6.45, 7) is 5.25. The van der Waals surface area contributed by atoms with Gasteiger partial charge in [0, 0.05) is 39.8 Å². The third kappa shape index (κ3) is 4.09. The molecular formula is C19H24F2N4O. The van der Waals surface area contributed by atoms with Crippen LogP contribution in [-0.4, -0.2) is 51.7 Å². The molecule has 2 heterocycles. The Labute approximate surface area is 152 Å². The maximum absolute atomic E-state index is 13.3. The first-order chi connectivity index (χ1) is 12.5. The lowest BCUT2D eigenvalue weighted by atomic mass is 10.2. The molecule has 0 aliphatic carbocycles. The van der Waals surface area contributed by atoms with Gasteiger partial charge < -0.3 is 4.90 Å². The summed E-state index contributed by atoms with van der Waals surface area (Å²) in [4.78, 5) is 16.7. The molecule has 1 aromatic carbocycles. The van der Waals surface area contributed by atoms with Gasteiger partial charge in [-0.15, -0.1) is 0 Å². The molecular weight excluding hydrogens is 338 g/mol. The van der Waals surface area contributed by atoms with E-state index in [2.05, 4.69) is 16.9 Å². The Bertz CT molecular complexity index is 782. The van der Waals surface area contributed by atoms with Crippen LogP contribution in [0.5, 0.6) is 0 Å². The Balaban J connectivity index is 1.57. The molecule has 1 fully saturated rings. The molecule has 0 bridgehead atoms. The zero-order chi connectivity index (χ0) is 18.7. The Morgan fingerprint density at radius 3 is 2.50 bits per heavy atom. The van der Waals surface area contributed by atoms with E-state index >= 15 is 0 Å². The van der Waals surface area contributed by atoms with Crippen molar-refractivity contribution in [3.8, 4) is 0 Å². The SMILES string of the molecule is CCCc1cc(C(=O)N2CCN(Cc3ccc(F)c(F)c3)CC2)n(C)n1. The van der Waals surface area contributed by atoms with Gasteiger partial charge in [-0.2, -0.15) is 5.10 Å². The second-order valence-corrected chi connectivity index (χ2v) is 6.71. The molecule has 5 nitrogen and oxygen atoms in total. The summed E-state index contributed by atoms with van der Waals surface area (Å²) < 4.78 is 28.0. The molecule has 0 unspecified atom stereocenters. The van der Waals surface area contributed by atoms with E-state index in [-0.39, 0.29) is 5.91 Å². The van der Waals surface area contributed by atoms with E-state index in [0.717, 1.165) is 30.2 Å². The van der Waals surface area contributed by atoms with Crippen LogP contribution in [0.4, 0.5) is 8.78 Å². The molecule has 0 N–H and O–H groups in total. The van der Waals surface area contributed by atoms with Crippen molar-refractivity contribution in [3.63, 3.8) is 0 Å². The van der Waals surface area contributed by atoms with Crippen molar-refractivity contribution in [2.45, 2.75) is 26.3 Å². The van der Waals surface area contributed by atoms with Crippen molar-refractivity contribution in [2.75, 3.05) is 26.2 Å². The summed E-state index contributed by atoms with van der Waals surface area (Å²) in [5, 5.41) is 4.40. The summed E-state index contributed by atoms with van der Waals surface area (Å²) >= 11 is 0. The lowest BCUT2D eigenvalue weighted by molar-refractivity contribution is 0.0617. The van der Waals surface area contributed by atoms with E-state index in [9.17, 15) is 13.6 Å². The van der Waals surface area contributed by atoms with E-state index in [0.29, 0.717) is 38.4 Å². The molecule has 0 saturated carbocycles. The number of piperazine rings is 1. The summed E-state index contributed by atoms with van der Waals surface area (Å²) in [5.74, 6) is -1.66. The normalized spacial score (nSPS) is 15.5. The van der Waals surface area contributed by atoms with Crippen molar-refractivity contribution in [1.82, 2.24) is 19.6 Å². The number of hydrogen-bond donors (Lipinski definition) is 0. The molecule has 1 aromatic heterocycles. The first kappa shape index (κ1) is 18.5. The first-order valence-electron chi connectivity index (χ1n) is 8.96. The van der Waals surface area contributed by atoms with Crippen LogP contribution < -0.4 is 0 Å². The van der Waals surface area contributed by atoms with E-state index in [1.54, 1.807) is 17.8 Å². The smallest absolute Gasteiger partial charge is 0.272 e.